The maximum absolute atomic E-state index is 12.0. The van der Waals surface area contributed by atoms with Gasteiger partial charge in [-0.1, -0.05) is 30.3 Å². The van der Waals surface area contributed by atoms with Gasteiger partial charge in [0.25, 0.3) is 0 Å². The van der Waals surface area contributed by atoms with Gasteiger partial charge in [0.15, 0.2) is 0 Å². The topological polar surface area (TPSA) is 59.2 Å². The van der Waals surface area contributed by atoms with E-state index in [-0.39, 0.29) is 0 Å². The molecule has 22 heavy (non-hydrogen) atoms. The summed E-state index contributed by atoms with van der Waals surface area (Å²) in [5.41, 5.74) is 5.49. The number of ether oxygens (including phenoxy) is 1. The van der Waals surface area contributed by atoms with Gasteiger partial charge >= 0.3 is 11.9 Å². The number of cyclic esters (lactones) is 2. The molecular weight excluding hydrogens is 278 g/mol. The van der Waals surface area contributed by atoms with Crippen LogP contribution in [0.5, 0.6) is 0 Å². The number of esters is 2. The highest BCUT2D eigenvalue weighted by Crippen LogP contribution is 2.37. The van der Waals surface area contributed by atoms with E-state index < -0.39 is 11.9 Å². The quantitative estimate of drug-likeness (QED) is 0.548. The van der Waals surface area contributed by atoms with Gasteiger partial charge in [-0.2, -0.15) is 0 Å². The third kappa shape index (κ3) is 1.58. The molecule has 2 heterocycles. The zero-order valence-corrected chi connectivity index (χ0v) is 12.2. The van der Waals surface area contributed by atoms with Crippen LogP contribution in [0.25, 0.3) is 22.2 Å². The van der Waals surface area contributed by atoms with Crippen LogP contribution in [-0.4, -0.2) is 16.9 Å². The Morgan fingerprint density at radius 2 is 1.73 bits per heavy atom. The van der Waals surface area contributed by atoms with Crippen molar-refractivity contribution in [3.8, 4) is 11.3 Å². The fraction of sp³-hybridized carbons (Fsp3) is 0.111. The first kappa shape index (κ1) is 12.8. The number of aromatic amines is 1. The number of fused-ring (bicyclic) bond motifs is 3. The number of carbonyl (C=O) groups excluding carboxylic acids is 2. The SMILES string of the molecule is Cc1cc2c(c3c(C)c(-c4ccccc4)[nH]c13)C(=O)OC2=O. The molecule has 0 bridgehead atoms. The molecule has 1 aliphatic rings. The van der Waals surface area contributed by atoms with E-state index in [0.717, 1.165) is 33.3 Å². The minimum Gasteiger partial charge on any atom is -0.386 e. The minimum absolute atomic E-state index is 0.358. The molecule has 2 aromatic carbocycles. The molecule has 0 fully saturated rings. The van der Waals surface area contributed by atoms with Gasteiger partial charge in [-0.15, -0.1) is 0 Å². The Labute approximate surface area is 126 Å². The molecule has 0 radical (unpaired) electrons. The van der Waals surface area contributed by atoms with E-state index in [1.807, 2.05) is 44.2 Å². The first-order valence-corrected chi connectivity index (χ1v) is 7.05. The summed E-state index contributed by atoms with van der Waals surface area (Å²) in [7, 11) is 0. The first-order chi connectivity index (χ1) is 10.6. The Balaban J connectivity index is 2.12. The van der Waals surface area contributed by atoms with Crippen LogP contribution >= 0.6 is 0 Å². The van der Waals surface area contributed by atoms with Gasteiger partial charge in [-0.05, 0) is 36.6 Å². The van der Waals surface area contributed by atoms with Gasteiger partial charge in [0.2, 0.25) is 0 Å². The number of aromatic nitrogens is 1. The van der Waals surface area contributed by atoms with Crippen molar-refractivity contribution in [2.45, 2.75) is 13.8 Å². The van der Waals surface area contributed by atoms with Crippen LogP contribution in [0.2, 0.25) is 0 Å². The number of rotatable bonds is 1. The fourth-order valence-corrected chi connectivity index (χ4v) is 3.15. The van der Waals surface area contributed by atoms with Crippen molar-refractivity contribution in [2.75, 3.05) is 0 Å². The maximum Gasteiger partial charge on any atom is 0.347 e. The molecule has 1 aromatic heterocycles. The second-order valence-corrected chi connectivity index (χ2v) is 5.53. The van der Waals surface area contributed by atoms with Gasteiger partial charge < -0.3 is 9.72 Å². The summed E-state index contributed by atoms with van der Waals surface area (Å²) in [6.45, 7) is 3.88. The lowest BCUT2D eigenvalue weighted by Crippen LogP contribution is -1.97. The number of benzene rings is 2. The number of nitrogens with one attached hydrogen (secondary N) is 1. The molecule has 4 heteroatoms. The van der Waals surface area contributed by atoms with Crippen molar-refractivity contribution in [3.63, 3.8) is 0 Å². The van der Waals surface area contributed by atoms with Crippen LogP contribution in [0.4, 0.5) is 0 Å². The number of aryl methyl sites for hydroxylation is 2. The Kier molecular flexibility index (Phi) is 2.51. The number of hydrogen-bond donors (Lipinski definition) is 1. The van der Waals surface area contributed by atoms with E-state index in [1.54, 1.807) is 6.07 Å². The first-order valence-electron chi connectivity index (χ1n) is 7.05. The van der Waals surface area contributed by atoms with Crippen molar-refractivity contribution in [1.29, 1.82) is 0 Å². The summed E-state index contributed by atoms with van der Waals surface area (Å²) in [5, 5.41) is 0.782. The molecule has 1 aliphatic heterocycles. The molecule has 4 nitrogen and oxygen atoms in total. The van der Waals surface area contributed by atoms with E-state index in [1.165, 1.54) is 0 Å². The summed E-state index contributed by atoms with van der Waals surface area (Å²) in [4.78, 5) is 27.2. The summed E-state index contributed by atoms with van der Waals surface area (Å²) < 4.78 is 4.77. The van der Waals surface area contributed by atoms with E-state index >= 15 is 0 Å². The normalized spacial score (nSPS) is 13.5. The highest BCUT2D eigenvalue weighted by atomic mass is 16.6. The third-order valence-corrected chi connectivity index (χ3v) is 4.20. The van der Waals surface area contributed by atoms with Gasteiger partial charge in [0, 0.05) is 11.1 Å². The lowest BCUT2D eigenvalue weighted by Gasteiger charge is -2.01. The Morgan fingerprint density at radius 3 is 2.45 bits per heavy atom. The van der Waals surface area contributed by atoms with Crippen LogP contribution in [-0.2, 0) is 4.74 Å². The minimum atomic E-state index is -0.563. The Hall–Kier alpha value is -2.88. The number of H-pyrrole nitrogens is 1. The molecule has 0 saturated heterocycles. The van der Waals surface area contributed by atoms with Crippen molar-refractivity contribution < 1.29 is 14.3 Å². The predicted octanol–water partition coefficient (Wildman–Crippen LogP) is 3.76. The lowest BCUT2D eigenvalue weighted by molar-refractivity contribution is 0.0444. The molecule has 108 valence electrons. The van der Waals surface area contributed by atoms with Crippen LogP contribution in [0.3, 0.4) is 0 Å². The molecule has 0 spiro atoms. The molecule has 0 aliphatic carbocycles. The molecule has 1 N–H and O–H groups in total. The molecule has 0 amide bonds. The zero-order chi connectivity index (χ0) is 15.4. The zero-order valence-electron chi connectivity index (χ0n) is 12.2. The molecule has 0 unspecified atom stereocenters. The molecule has 4 rings (SSSR count). The lowest BCUT2D eigenvalue weighted by atomic mass is 9.97. The van der Waals surface area contributed by atoms with Gasteiger partial charge in [0.1, 0.15) is 0 Å². The summed E-state index contributed by atoms with van der Waals surface area (Å²) in [6.07, 6.45) is 0. The van der Waals surface area contributed by atoms with Crippen LogP contribution in [0, 0.1) is 13.8 Å². The van der Waals surface area contributed by atoms with E-state index in [9.17, 15) is 9.59 Å². The molecular formula is C18H13NO3. The largest absolute Gasteiger partial charge is 0.386 e. The predicted molar refractivity (Wildman–Crippen MR) is 83.0 cm³/mol. The maximum atomic E-state index is 12.0. The number of hydrogen-bond acceptors (Lipinski definition) is 3. The summed E-state index contributed by atoms with van der Waals surface area (Å²) in [6, 6.07) is 11.6. The van der Waals surface area contributed by atoms with Crippen molar-refractivity contribution >= 4 is 22.8 Å². The Morgan fingerprint density at radius 1 is 1.00 bits per heavy atom. The smallest absolute Gasteiger partial charge is 0.347 e. The number of carbonyl (C=O) groups is 2. The molecule has 0 saturated carbocycles. The van der Waals surface area contributed by atoms with Crippen molar-refractivity contribution in [2.24, 2.45) is 0 Å². The fourth-order valence-electron chi connectivity index (χ4n) is 3.15. The highest BCUT2D eigenvalue weighted by molar-refractivity contribution is 6.22. The second kappa shape index (κ2) is 4.31. The molecule has 0 atom stereocenters. The average molecular weight is 291 g/mol. The summed E-state index contributed by atoms with van der Waals surface area (Å²) >= 11 is 0. The van der Waals surface area contributed by atoms with Crippen LogP contribution in [0.1, 0.15) is 31.8 Å². The monoisotopic (exact) mass is 291 g/mol. The van der Waals surface area contributed by atoms with E-state index in [2.05, 4.69) is 4.98 Å². The standard InChI is InChI=1S/C18H13NO3/c1-9-8-12-14(18(21)22-17(12)20)13-10(2)16(19-15(9)13)11-6-4-3-5-7-11/h3-8,19H,1-2H3. The van der Waals surface area contributed by atoms with Gasteiger partial charge in [0.05, 0.1) is 16.6 Å². The van der Waals surface area contributed by atoms with Crippen molar-refractivity contribution in [1.82, 2.24) is 4.98 Å². The van der Waals surface area contributed by atoms with Gasteiger partial charge in [-0.25, -0.2) is 9.59 Å². The van der Waals surface area contributed by atoms with E-state index in [0.29, 0.717) is 11.1 Å². The average Bonchev–Trinajstić information content (AvgIpc) is 2.99. The van der Waals surface area contributed by atoms with Crippen LogP contribution in [0.15, 0.2) is 36.4 Å². The third-order valence-electron chi connectivity index (χ3n) is 4.20. The van der Waals surface area contributed by atoms with E-state index in [4.69, 9.17) is 4.74 Å². The highest BCUT2D eigenvalue weighted by Gasteiger charge is 2.34. The van der Waals surface area contributed by atoms with Crippen molar-refractivity contribution in [3.05, 3.63) is 58.7 Å². The summed E-state index contributed by atoms with van der Waals surface area (Å²) in [5.74, 6) is -1.13. The van der Waals surface area contributed by atoms with Gasteiger partial charge in [-0.3, -0.25) is 0 Å². The second-order valence-electron chi connectivity index (χ2n) is 5.53. The molecule has 3 aromatic rings. The Bertz CT molecular complexity index is 952. The van der Waals surface area contributed by atoms with Crippen LogP contribution < -0.4 is 0 Å².